The Morgan fingerprint density at radius 2 is 1.57 bits per heavy atom. The van der Waals surface area contributed by atoms with Gasteiger partial charge in [0.25, 0.3) is 5.56 Å². The molecule has 0 unspecified atom stereocenters. The summed E-state index contributed by atoms with van der Waals surface area (Å²) in [4.78, 5) is 68.2. The number of nitrogens with one attached hydrogen (secondary N) is 1. The first kappa shape index (κ1) is 27.4. The lowest BCUT2D eigenvalue weighted by molar-refractivity contribution is -0.221. The van der Waals surface area contributed by atoms with Gasteiger partial charge in [-0.3, -0.25) is 28.5 Å². The van der Waals surface area contributed by atoms with Gasteiger partial charge in [-0.05, 0) is 6.92 Å². The van der Waals surface area contributed by atoms with Gasteiger partial charge in [-0.2, -0.15) is 4.98 Å². The number of methoxy groups -OCH3 is 1. The Balaban J connectivity index is 2.59. The highest BCUT2D eigenvalue weighted by molar-refractivity contribution is 6.38. The number of aromatic nitrogens is 2. The zero-order valence-corrected chi connectivity index (χ0v) is 20.4. The minimum atomic E-state index is -1.32. The van der Waals surface area contributed by atoms with E-state index in [1.165, 1.54) is 28.0 Å². The van der Waals surface area contributed by atoms with E-state index in [-0.39, 0.29) is 35.6 Å². The van der Waals surface area contributed by atoms with Crippen LogP contribution in [0.15, 0.2) is 9.79 Å². The van der Waals surface area contributed by atoms with E-state index in [1.807, 2.05) is 0 Å². The summed E-state index contributed by atoms with van der Waals surface area (Å²) in [7, 11) is 2.70. The number of aliphatic imine (C=N–C) groups is 1. The monoisotopic (exact) mass is 496 g/mol. The smallest absolute Gasteiger partial charge is 0.303 e. The number of rotatable bonds is 8. The van der Waals surface area contributed by atoms with Crippen LogP contribution >= 0.6 is 0 Å². The SMILES string of the molecule is COc1nc(N[C@H]2OC[C@@H](OC(C)=O)[C@@H](OC(C)=O)[C@H]2OC(C)=O)c(N=C(C)C(C)=O)c(=O)n1C. The molecule has 0 aliphatic carbocycles. The number of hydrogen-bond donors (Lipinski definition) is 1. The number of ether oxygens (including phenoxy) is 5. The van der Waals surface area contributed by atoms with Gasteiger partial charge in [-0.15, -0.1) is 0 Å². The maximum atomic E-state index is 12.9. The molecule has 14 heteroatoms. The Morgan fingerprint density at radius 3 is 2.09 bits per heavy atom. The van der Waals surface area contributed by atoms with Gasteiger partial charge in [-0.1, -0.05) is 0 Å². The van der Waals surface area contributed by atoms with Crippen molar-refractivity contribution in [3.8, 4) is 6.01 Å². The highest BCUT2D eigenvalue weighted by Gasteiger charge is 2.47. The molecule has 35 heavy (non-hydrogen) atoms. The van der Waals surface area contributed by atoms with E-state index in [0.29, 0.717) is 0 Å². The quantitative estimate of drug-likeness (QED) is 0.291. The minimum absolute atomic E-state index is 0.0333. The standard InChI is InChI=1S/C21H28N4O10/c1-9(10(2)26)22-15-18(24-21(31-7)25(6)20(15)30)23-19-17(35-13(5)29)16(34-12(4)28)14(8-32-19)33-11(3)27/h14,16-17,19,23H,8H2,1-7H3/t14-,16-,17-,19+/m1/s1. The van der Waals surface area contributed by atoms with Crippen LogP contribution in [0.4, 0.5) is 11.5 Å². The van der Waals surface area contributed by atoms with Crippen LogP contribution in [0.25, 0.3) is 0 Å². The molecular weight excluding hydrogens is 468 g/mol. The average molecular weight is 496 g/mol. The van der Waals surface area contributed by atoms with Gasteiger partial charge in [-0.25, -0.2) is 4.99 Å². The van der Waals surface area contributed by atoms with Gasteiger partial charge in [0.05, 0.1) is 19.4 Å². The van der Waals surface area contributed by atoms with Crippen molar-refractivity contribution >= 4 is 40.9 Å². The highest BCUT2D eigenvalue weighted by Crippen LogP contribution is 2.28. The molecule has 0 bridgehead atoms. The molecule has 1 aliphatic rings. The van der Waals surface area contributed by atoms with Crippen LogP contribution < -0.4 is 15.6 Å². The molecule has 0 spiro atoms. The van der Waals surface area contributed by atoms with Crippen molar-refractivity contribution in [3.63, 3.8) is 0 Å². The molecule has 0 amide bonds. The van der Waals surface area contributed by atoms with E-state index in [9.17, 15) is 24.0 Å². The van der Waals surface area contributed by atoms with Gasteiger partial charge in [0.2, 0.25) is 0 Å². The number of nitrogens with zero attached hydrogens (tertiary/aromatic N) is 3. The molecule has 1 N–H and O–H groups in total. The van der Waals surface area contributed by atoms with Crippen molar-refractivity contribution in [2.24, 2.45) is 12.0 Å². The number of ketones is 1. The normalized spacial score (nSPS) is 22.1. The fourth-order valence-electron chi connectivity index (χ4n) is 3.20. The molecule has 1 fully saturated rings. The Kier molecular flexibility index (Phi) is 9.05. The molecule has 2 heterocycles. The average Bonchev–Trinajstić information content (AvgIpc) is 2.75. The number of hydrogen-bond acceptors (Lipinski definition) is 13. The van der Waals surface area contributed by atoms with Crippen LogP contribution in [-0.4, -0.2) is 77.2 Å². The second-order valence-electron chi connectivity index (χ2n) is 7.61. The summed E-state index contributed by atoms with van der Waals surface area (Å²) in [5, 5.41) is 2.82. The van der Waals surface area contributed by atoms with E-state index in [1.54, 1.807) is 0 Å². The van der Waals surface area contributed by atoms with Gasteiger partial charge in [0.1, 0.15) is 0 Å². The lowest BCUT2D eigenvalue weighted by Gasteiger charge is -2.40. The fraction of sp³-hybridized carbons (Fsp3) is 0.571. The molecule has 0 radical (unpaired) electrons. The first-order chi connectivity index (χ1) is 16.3. The van der Waals surface area contributed by atoms with Crippen LogP contribution in [-0.2, 0) is 45.2 Å². The number of carbonyl (C=O) groups excluding carboxylic acids is 4. The maximum Gasteiger partial charge on any atom is 0.303 e. The second-order valence-corrected chi connectivity index (χ2v) is 7.61. The second kappa shape index (κ2) is 11.6. The lowest BCUT2D eigenvalue weighted by Crippen LogP contribution is -2.59. The molecule has 1 aromatic heterocycles. The van der Waals surface area contributed by atoms with E-state index < -0.39 is 48.0 Å². The minimum Gasteiger partial charge on any atom is -0.468 e. The van der Waals surface area contributed by atoms with Gasteiger partial charge < -0.3 is 29.0 Å². The first-order valence-electron chi connectivity index (χ1n) is 10.5. The van der Waals surface area contributed by atoms with Gasteiger partial charge in [0, 0.05) is 34.7 Å². The summed E-state index contributed by atoms with van der Waals surface area (Å²) in [6.07, 6.45) is -4.88. The van der Waals surface area contributed by atoms with E-state index in [2.05, 4.69) is 15.3 Å². The molecule has 1 aromatic rings. The Morgan fingerprint density at radius 1 is 1.00 bits per heavy atom. The Bertz CT molecular complexity index is 1100. The number of anilines is 1. The summed E-state index contributed by atoms with van der Waals surface area (Å²) in [6.45, 7) is 5.89. The molecule has 4 atom stereocenters. The van der Waals surface area contributed by atoms with Crippen LogP contribution in [0.5, 0.6) is 6.01 Å². The van der Waals surface area contributed by atoms with Gasteiger partial charge >= 0.3 is 23.9 Å². The van der Waals surface area contributed by atoms with E-state index in [4.69, 9.17) is 23.7 Å². The molecule has 14 nitrogen and oxygen atoms in total. The third kappa shape index (κ3) is 6.85. The van der Waals surface area contributed by atoms with Crippen molar-refractivity contribution in [2.45, 2.75) is 59.2 Å². The predicted molar refractivity (Wildman–Crippen MR) is 120 cm³/mol. The van der Waals surface area contributed by atoms with Crippen LogP contribution in [0.3, 0.4) is 0 Å². The summed E-state index contributed by atoms with van der Waals surface area (Å²) < 4.78 is 27.8. The van der Waals surface area contributed by atoms with Crippen molar-refractivity contribution in [3.05, 3.63) is 10.4 Å². The topological polar surface area (TPSA) is 174 Å². The largest absolute Gasteiger partial charge is 0.468 e. The number of Topliss-reactive ketones (excluding diaryl/α,β-unsaturated/α-hetero) is 1. The van der Waals surface area contributed by atoms with Crippen molar-refractivity contribution in [2.75, 3.05) is 19.0 Å². The maximum absolute atomic E-state index is 12.9. The molecule has 1 aliphatic heterocycles. The van der Waals surface area contributed by atoms with Crippen LogP contribution in [0, 0.1) is 0 Å². The molecule has 0 saturated carbocycles. The highest BCUT2D eigenvalue weighted by atomic mass is 16.6. The molecular formula is C21H28N4O10. The summed E-state index contributed by atoms with van der Waals surface area (Å²) >= 11 is 0. The summed E-state index contributed by atoms with van der Waals surface area (Å²) in [6, 6.07) is -0.0916. The van der Waals surface area contributed by atoms with Crippen molar-refractivity contribution in [1.29, 1.82) is 0 Å². The van der Waals surface area contributed by atoms with Crippen LogP contribution in [0.2, 0.25) is 0 Å². The molecule has 1 saturated heterocycles. The Hall–Kier alpha value is -3.81. The molecule has 192 valence electrons. The summed E-state index contributed by atoms with van der Waals surface area (Å²) in [5.41, 5.74) is -0.850. The van der Waals surface area contributed by atoms with Crippen molar-refractivity contribution in [1.82, 2.24) is 9.55 Å². The third-order valence-corrected chi connectivity index (χ3v) is 4.83. The van der Waals surface area contributed by atoms with Crippen molar-refractivity contribution < 1.29 is 42.9 Å². The predicted octanol–water partition coefficient (Wildman–Crippen LogP) is 0.0336. The molecule has 2 rings (SSSR count). The zero-order chi connectivity index (χ0) is 26.4. The lowest BCUT2D eigenvalue weighted by atomic mass is 10.0. The Labute approximate surface area is 200 Å². The van der Waals surface area contributed by atoms with E-state index in [0.717, 1.165) is 25.3 Å². The van der Waals surface area contributed by atoms with E-state index >= 15 is 0 Å². The third-order valence-electron chi connectivity index (χ3n) is 4.83. The van der Waals surface area contributed by atoms with Gasteiger partial charge in [0.15, 0.2) is 41.8 Å². The zero-order valence-electron chi connectivity index (χ0n) is 20.4. The molecule has 0 aromatic carbocycles. The number of carbonyl (C=O) groups is 4. The van der Waals surface area contributed by atoms with Crippen LogP contribution in [0.1, 0.15) is 34.6 Å². The first-order valence-corrected chi connectivity index (χ1v) is 10.5. The fourth-order valence-corrected chi connectivity index (χ4v) is 3.20. The summed E-state index contributed by atoms with van der Waals surface area (Å²) in [5.74, 6) is -2.66. The number of esters is 3.